The standard InChI is InChI=1S/C33H40N2O4/c1-3-35(4-2)23-11-16-32(37)30(34-33(38)22-21-31(36)28-14-9-6-10-15-28)24-26-17-19-29(20-18-26)39-25-27-12-7-5-8-13-27/h5-10,12-15,17-20,30H,3-4,11,16,21-25H2,1-2H3,(H,34,38)/t30-/m0/s1. The minimum Gasteiger partial charge on any atom is -0.489 e. The van der Waals surface area contributed by atoms with Crippen LogP contribution in [0.5, 0.6) is 5.75 Å². The number of ketones is 2. The van der Waals surface area contributed by atoms with E-state index in [0.717, 1.165) is 42.9 Å². The average molecular weight is 529 g/mol. The Hall–Kier alpha value is -3.77. The molecular formula is C33H40N2O4. The number of ether oxygens (including phenoxy) is 1. The van der Waals surface area contributed by atoms with E-state index in [0.29, 0.717) is 25.0 Å². The molecule has 0 aliphatic rings. The lowest BCUT2D eigenvalue weighted by molar-refractivity contribution is -0.127. The molecule has 206 valence electrons. The van der Waals surface area contributed by atoms with E-state index in [-0.39, 0.29) is 30.3 Å². The Balaban J connectivity index is 1.59. The number of nitrogens with one attached hydrogen (secondary N) is 1. The van der Waals surface area contributed by atoms with Crippen LogP contribution in [0.3, 0.4) is 0 Å². The highest BCUT2D eigenvalue weighted by Crippen LogP contribution is 2.16. The third-order valence-corrected chi connectivity index (χ3v) is 6.80. The first-order valence-electron chi connectivity index (χ1n) is 13.9. The monoisotopic (exact) mass is 528 g/mol. The molecule has 1 atom stereocenters. The lowest BCUT2D eigenvalue weighted by Crippen LogP contribution is -2.42. The van der Waals surface area contributed by atoms with Crippen molar-refractivity contribution >= 4 is 17.5 Å². The number of amides is 1. The van der Waals surface area contributed by atoms with Crippen LogP contribution >= 0.6 is 0 Å². The summed E-state index contributed by atoms with van der Waals surface area (Å²) in [5.41, 5.74) is 2.61. The van der Waals surface area contributed by atoms with Gasteiger partial charge in [-0.3, -0.25) is 14.4 Å². The van der Waals surface area contributed by atoms with Crippen LogP contribution in [0.1, 0.15) is 61.0 Å². The number of hydrogen-bond acceptors (Lipinski definition) is 5. The second-order valence-corrected chi connectivity index (χ2v) is 9.63. The largest absolute Gasteiger partial charge is 0.489 e. The number of carbonyl (C=O) groups is 3. The van der Waals surface area contributed by atoms with Gasteiger partial charge >= 0.3 is 0 Å². The summed E-state index contributed by atoms with van der Waals surface area (Å²) < 4.78 is 5.88. The Morgan fingerprint density at radius 1 is 0.769 bits per heavy atom. The predicted molar refractivity (Wildman–Crippen MR) is 155 cm³/mol. The zero-order valence-electron chi connectivity index (χ0n) is 23.1. The number of nitrogens with zero attached hydrogens (tertiary/aromatic N) is 1. The fourth-order valence-corrected chi connectivity index (χ4v) is 4.40. The number of carbonyl (C=O) groups excluding carboxylic acids is 3. The van der Waals surface area contributed by atoms with Crippen molar-refractivity contribution < 1.29 is 19.1 Å². The lowest BCUT2D eigenvalue weighted by atomic mass is 9.98. The van der Waals surface area contributed by atoms with Crippen molar-refractivity contribution in [3.8, 4) is 5.75 Å². The van der Waals surface area contributed by atoms with E-state index in [1.165, 1.54) is 0 Å². The summed E-state index contributed by atoms with van der Waals surface area (Å²) >= 11 is 0. The molecule has 0 bridgehead atoms. The Morgan fingerprint density at radius 2 is 1.41 bits per heavy atom. The van der Waals surface area contributed by atoms with Crippen molar-refractivity contribution in [1.29, 1.82) is 0 Å². The molecule has 0 heterocycles. The molecule has 0 fully saturated rings. The maximum Gasteiger partial charge on any atom is 0.221 e. The van der Waals surface area contributed by atoms with E-state index < -0.39 is 6.04 Å². The molecule has 6 heteroatoms. The number of benzene rings is 3. The molecule has 3 rings (SSSR count). The molecule has 1 N–H and O–H groups in total. The van der Waals surface area contributed by atoms with Crippen molar-refractivity contribution in [2.45, 2.75) is 58.6 Å². The summed E-state index contributed by atoms with van der Waals surface area (Å²) in [6, 6.07) is 25.9. The van der Waals surface area contributed by atoms with Crippen molar-refractivity contribution in [2.75, 3.05) is 19.6 Å². The van der Waals surface area contributed by atoms with E-state index in [1.54, 1.807) is 24.3 Å². The Labute approximate surface area is 232 Å². The van der Waals surface area contributed by atoms with Gasteiger partial charge in [-0.2, -0.15) is 0 Å². The van der Waals surface area contributed by atoms with Crippen LogP contribution in [0.2, 0.25) is 0 Å². The van der Waals surface area contributed by atoms with Crippen LogP contribution in [0.25, 0.3) is 0 Å². The summed E-state index contributed by atoms with van der Waals surface area (Å²) in [5, 5.41) is 2.91. The van der Waals surface area contributed by atoms with Gasteiger partial charge in [-0.25, -0.2) is 0 Å². The number of rotatable bonds is 17. The smallest absolute Gasteiger partial charge is 0.221 e. The van der Waals surface area contributed by atoms with E-state index in [9.17, 15) is 14.4 Å². The molecule has 0 saturated carbocycles. The average Bonchev–Trinajstić information content (AvgIpc) is 2.98. The molecule has 0 spiro atoms. The molecule has 0 aliphatic carbocycles. The minimum absolute atomic E-state index is 0.00861. The molecular weight excluding hydrogens is 488 g/mol. The fraction of sp³-hybridized carbons (Fsp3) is 0.364. The summed E-state index contributed by atoms with van der Waals surface area (Å²) in [7, 11) is 0. The van der Waals surface area contributed by atoms with Gasteiger partial charge in [0.2, 0.25) is 5.91 Å². The second-order valence-electron chi connectivity index (χ2n) is 9.63. The van der Waals surface area contributed by atoms with Gasteiger partial charge in [0.05, 0.1) is 6.04 Å². The maximum absolute atomic E-state index is 13.2. The molecule has 6 nitrogen and oxygen atoms in total. The second kappa shape index (κ2) is 16.2. The third kappa shape index (κ3) is 10.5. The van der Waals surface area contributed by atoms with E-state index in [2.05, 4.69) is 24.1 Å². The third-order valence-electron chi connectivity index (χ3n) is 6.80. The van der Waals surface area contributed by atoms with Crippen LogP contribution < -0.4 is 10.1 Å². The van der Waals surface area contributed by atoms with Crippen molar-refractivity contribution in [3.05, 3.63) is 102 Å². The topological polar surface area (TPSA) is 75.7 Å². The molecule has 0 unspecified atom stereocenters. The first kappa shape index (κ1) is 29.8. The molecule has 0 aliphatic heterocycles. The Morgan fingerprint density at radius 3 is 2.05 bits per heavy atom. The highest BCUT2D eigenvalue weighted by molar-refractivity contribution is 5.98. The molecule has 3 aromatic carbocycles. The first-order chi connectivity index (χ1) is 19.0. The van der Waals surface area contributed by atoms with E-state index in [1.807, 2.05) is 60.7 Å². The van der Waals surface area contributed by atoms with E-state index >= 15 is 0 Å². The van der Waals surface area contributed by atoms with Gasteiger partial charge in [-0.05, 0) is 55.7 Å². The van der Waals surface area contributed by atoms with Gasteiger partial charge in [0.1, 0.15) is 12.4 Å². The number of Topliss-reactive ketones (excluding diaryl/α,β-unsaturated/α-hetero) is 2. The highest BCUT2D eigenvalue weighted by Gasteiger charge is 2.22. The van der Waals surface area contributed by atoms with Gasteiger partial charge in [-0.1, -0.05) is 86.6 Å². The molecule has 0 saturated heterocycles. The summed E-state index contributed by atoms with van der Waals surface area (Å²) in [6.07, 6.45) is 1.67. The quantitative estimate of drug-likeness (QED) is 0.229. The fourth-order valence-electron chi connectivity index (χ4n) is 4.40. The first-order valence-corrected chi connectivity index (χ1v) is 13.9. The molecule has 0 aromatic heterocycles. The Kier molecular flexibility index (Phi) is 12.4. The Bertz CT molecular complexity index is 1160. The van der Waals surface area contributed by atoms with Gasteiger partial charge in [0.15, 0.2) is 11.6 Å². The van der Waals surface area contributed by atoms with Crippen LogP contribution in [0, 0.1) is 0 Å². The normalized spacial score (nSPS) is 11.7. The van der Waals surface area contributed by atoms with Crippen LogP contribution in [0.4, 0.5) is 0 Å². The molecule has 39 heavy (non-hydrogen) atoms. The maximum atomic E-state index is 13.2. The lowest BCUT2D eigenvalue weighted by Gasteiger charge is -2.20. The predicted octanol–water partition coefficient (Wildman–Crippen LogP) is 5.65. The van der Waals surface area contributed by atoms with Crippen LogP contribution in [0.15, 0.2) is 84.9 Å². The van der Waals surface area contributed by atoms with Gasteiger partial charge in [0, 0.05) is 24.8 Å². The summed E-state index contributed by atoms with van der Waals surface area (Å²) in [5.74, 6) is 0.380. The van der Waals surface area contributed by atoms with E-state index in [4.69, 9.17) is 4.74 Å². The highest BCUT2D eigenvalue weighted by atomic mass is 16.5. The summed E-state index contributed by atoms with van der Waals surface area (Å²) in [6.45, 7) is 7.43. The van der Waals surface area contributed by atoms with Gasteiger partial charge in [0.25, 0.3) is 0 Å². The summed E-state index contributed by atoms with van der Waals surface area (Å²) in [4.78, 5) is 40.7. The zero-order chi connectivity index (χ0) is 27.9. The molecule has 0 radical (unpaired) electrons. The number of hydrogen-bond donors (Lipinski definition) is 1. The van der Waals surface area contributed by atoms with Crippen LogP contribution in [-0.4, -0.2) is 48.0 Å². The van der Waals surface area contributed by atoms with Crippen LogP contribution in [-0.2, 0) is 22.6 Å². The molecule has 3 aromatic rings. The van der Waals surface area contributed by atoms with Gasteiger partial charge < -0.3 is 15.0 Å². The zero-order valence-corrected chi connectivity index (χ0v) is 23.1. The molecule has 1 amide bonds. The van der Waals surface area contributed by atoms with Crippen molar-refractivity contribution in [3.63, 3.8) is 0 Å². The SMILES string of the molecule is CCN(CC)CCCC(=O)[C@H](Cc1ccc(OCc2ccccc2)cc1)NC(=O)CCC(=O)c1ccccc1. The van der Waals surface area contributed by atoms with Crippen molar-refractivity contribution in [2.24, 2.45) is 0 Å². The van der Waals surface area contributed by atoms with Crippen molar-refractivity contribution in [1.82, 2.24) is 10.2 Å². The minimum atomic E-state index is -0.642. The van der Waals surface area contributed by atoms with Gasteiger partial charge in [-0.15, -0.1) is 0 Å².